The Morgan fingerprint density at radius 1 is 1.12 bits per heavy atom. The molecule has 0 fully saturated rings. The molecule has 0 bridgehead atoms. The lowest BCUT2D eigenvalue weighted by Crippen LogP contribution is -2.13. The van der Waals surface area contributed by atoms with Crippen molar-refractivity contribution < 1.29 is 18.7 Å². The Morgan fingerprint density at radius 2 is 1.96 bits per heavy atom. The highest BCUT2D eigenvalue weighted by molar-refractivity contribution is 7.98. The first-order chi connectivity index (χ1) is 12.6. The lowest BCUT2D eigenvalue weighted by Gasteiger charge is -2.09. The predicted molar refractivity (Wildman–Crippen MR) is 99.0 cm³/mol. The molecule has 0 saturated carbocycles. The molecule has 1 amide bonds. The van der Waals surface area contributed by atoms with Crippen LogP contribution in [0.25, 0.3) is 11.5 Å². The molecule has 2 aromatic carbocycles. The number of methoxy groups -OCH3 is 2. The number of anilines is 1. The molecule has 0 radical (unpaired) electrons. The number of benzene rings is 2. The zero-order valence-corrected chi connectivity index (χ0v) is 15.3. The van der Waals surface area contributed by atoms with Crippen molar-refractivity contribution in [2.24, 2.45) is 0 Å². The zero-order chi connectivity index (χ0) is 18.5. The number of ether oxygens (including phenoxy) is 2. The molecule has 0 aliphatic rings. The van der Waals surface area contributed by atoms with Gasteiger partial charge in [0.1, 0.15) is 11.5 Å². The molecule has 8 heteroatoms. The summed E-state index contributed by atoms with van der Waals surface area (Å²) in [5.74, 6) is 0.886. The Labute approximate surface area is 154 Å². The molecule has 0 unspecified atom stereocenters. The SMILES string of the molecule is COc1ccc(C(=O)Nc2nnc(-c3cccc(SC)c3)o2)c(OC)c1. The number of carbonyl (C=O) groups excluding carboxylic acids is 1. The van der Waals surface area contributed by atoms with Crippen LogP contribution >= 0.6 is 11.8 Å². The third-order valence-electron chi connectivity index (χ3n) is 3.62. The molecule has 26 heavy (non-hydrogen) atoms. The van der Waals surface area contributed by atoms with Gasteiger partial charge in [-0.15, -0.1) is 16.9 Å². The minimum atomic E-state index is -0.419. The first kappa shape index (κ1) is 17.8. The summed E-state index contributed by atoms with van der Waals surface area (Å²) < 4.78 is 15.9. The Bertz CT molecular complexity index is 926. The van der Waals surface area contributed by atoms with E-state index in [9.17, 15) is 4.79 Å². The maximum Gasteiger partial charge on any atom is 0.322 e. The molecule has 3 rings (SSSR count). The fourth-order valence-corrected chi connectivity index (χ4v) is 2.76. The number of hydrogen-bond donors (Lipinski definition) is 1. The topological polar surface area (TPSA) is 86.5 Å². The molecular formula is C18H17N3O4S. The summed E-state index contributed by atoms with van der Waals surface area (Å²) >= 11 is 1.62. The Hall–Kier alpha value is -3.00. The van der Waals surface area contributed by atoms with Gasteiger partial charge in [0, 0.05) is 16.5 Å². The maximum atomic E-state index is 12.5. The van der Waals surface area contributed by atoms with Crippen molar-refractivity contribution in [2.45, 2.75) is 4.90 Å². The van der Waals surface area contributed by atoms with Crippen molar-refractivity contribution in [3.05, 3.63) is 48.0 Å². The van der Waals surface area contributed by atoms with Crippen LogP contribution in [0.3, 0.4) is 0 Å². The summed E-state index contributed by atoms with van der Waals surface area (Å²) in [6.07, 6.45) is 1.99. The van der Waals surface area contributed by atoms with Crippen LogP contribution in [0.1, 0.15) is 10.4 Å². The number of nitrogens with zero attached hydrogens (tertiary/aromatic N) is 2. The number of aromatic nitrogens is 2. The molecule has 0 spiro atoms. The van der Waals surface area contributed by atoms with E-state index in [0.717, 1.165) is 10.5 Å². The quantitative estimate of drug-likeness (QED) is 0.661. The van der Waals surface area contributed by atoms with Gasteiger partial charge in [0.2, 0.25) is 5.89 Å². The minimum absolute atomic E-state index is 0.0115. The summed E-state index contributed by atoms with van der Waals surface area (Å²) in [6.45, 7) is 0. The largest absolute Gasteiger partial charge is 0.497 e. The van der Waals surface area contributed by atoms with Crippen LogP contribution in [-0.2, 0) is 0 Å². The fourth-order valence-electron chi connectivity index (χ4n) is 2.30. The van der Waals surface area contributed by atoms with Crippen LogP contribution in [-0.4, -0.2) is 36.6 Å². The number of nitrogens with one attached hydrogen (secondary N) is 1. The zero-order valence-electron chi connectivity index (χ0n) is 14.5. The smallest absolute Gasteiger partial charge is 0.322 e. The van der Waals surface area contributed by atoms with Crippen LogP contribution < -0.4 is 14.8 Å². The first-order valence-corrected chi connectivity index (χ1v) is 8.88. The van der Waals surface area contributed by atoms with E-state index in [2.05, 4.69) is 15.5 Å². The average Bonchev–Trinajstić information content (AvgIpc) is 3.15. The van der Waals surface area contributed by atoms with Crippen molar-refractivity contribution in [1.82, 2.24) is 10.2 Å². The first-order valence-electron chi connectivity index (χ1n) is 7.66. The van der Waals surface area contributed by atoms with Gasteiger partial charge in [-0.1, -0.05) is 11.2 Å². The van der Waals surface area contributed by atoms with Gasteiger partial charge in [-0.25, -0.2) is 0 Å². The number of hydrogen-bond acceptors (Lipinski definition) is 7. The molecule has 1 heterocycles. The fraction of sp³-hybridized carbons (Fsp3) is 0.167. The summed E-state index contributed by atoms with van der Waals surface area (Å²) in [6, 6.07) is 12.6. The molecule has 3 aromatic rings. The number of carbonyl (C=O) groups is 1. The molecule has 134 valence electrons. The Morgan fingerprint density at radius 3 is 2.69 bits per heavy atom. The number of amides is 1. The predicted octanol–water partition coefficient (Wildman–Crippen LogP) is 3.73. The molecular weight excluding hydrogens is 354 g/mol. The van der Waals surface area contributed by atoms with Crippen molar-refractivity contribution in [1.29, 1.82) is 0 Å². The molecule has 1 N–H and O–H groups in total. The van der Waals surface area contributed by atoms with E-state index >= 15 is 0 Å². The number of thioether (sulfide) groups is 1. The van der Waals surface area contributed by atoms with Crippen molar-refractivity contribution in [3.8, 4) is 23.0 Å². The molecule has 0 atom stereocenters. The van der Waals surface area contributed by atoms with Gasteiger partial charge in [-0.05, 0) is 36.6 Å². The average molecular weight is 371 g/mol. The van der Waals surface area contributed by atoms with Gasteiger partial charge in [0.15, 0.2) is 0 Å². The van der Waals surface area contributed by atoms with E-state index < -0.39 is 5.91 Å². The van der Waals surface area contributed by atoms with Gasteiger partial charge >= 0.3 is 6.01 Å². The summed E-state index contributed by atoms with van der Waals surface area (Å²) in [5.41, 5.74) is 1.12. The lowest BCUT2D eigenvalue weighted by molar-refractivity contribution is 0.102. The second kappa shape index (κ2) is 7.92. The highest BCUT2D eigenvalue weighted by Gasteiger charge is 2.17. The van der Waals surface area contributed by atoms with Gasteiger partial charge in [-0.3, -0.25) is 10.1 Å². The van der Waals surface area contributed by atoms with Crippen LogP contribution in [0.2, 0.25) is 0 Å². The second-order valence-corrected chi connectivity index (χ2v) is 6.04. The van der Waals surface area contributed by atoms with Crippen LogP contribution in [0, 0.1) is 0 Å². The van der Waals surface area contributed by atoms with Crippen molar-refractivity contribution >= 4 is 23.7 Å². The van der Waals surface area contributed by atoms with Crippen molar-refractivity contribution in [2.75, 3.05) is 25.8 Å². The Balaban J connectivity index is 1.79. The molecule has 7 nitrogen and oxygen atoms in total. The van der Waals surface area contributed by atoms with E-state index in [-0.39, 0.29) is 6.01 Å². The summed E-state index contributed by atoms with van der Waals surface area (Å²) in [4.78, 5) is 13.6. The van der Waals surface area contributed by atoms with E-state index in [1.54, 1.807) is 37.1 Å². The normalized spacial score (nSPS) is 10.4. The van der Waals surface area contributed by atoms with Crippen LogP contribution in [0.15, 0.2) is 51.8 Å². The van der Waals surface area contributed by atoms with E-state index in [0.29, 0.717) is 23.0 Å². The third-order valence-corrected chi connectivity index (χ3v) is 4.34. The molecule has 0 aliphatic carbocycles. The maximum absolute atomic E-state index is 12.5. The van der Waals surface area contributed by atoms with Crippen molar-refractivity contribution in [3.63, 3.8) is 0 Å². The third kappa shape index (κ3) is 3.80. The van der Waals surface area contributed by atoms with Gasteiger partial charge < -0.3 is 13.9 Å². The Kier molecular flexibility index (Phi) is 5.43. The molecule has 0 aliphatic heterocycles. The summed E-state index contributed by atoms with van der Waals surface area (Å²) in [5, 5.41) is 10.5. The molecule has 0 saturated heterocycles. The minimum Gasteiger partial charge on any atom is -0.497 e. The second-order valence-electron chi connectivity index (χ2n) is 5.16. The highest BCUT2D eigenvalue weighted by Crippen LogP contribution is 2.27. The number of rotatable bonds is 6. The summed E-state index contributed by atoms with van der Waals surface area (Å²) in [7, 11) is 3.02. The highest BCUT2D eigenvalue weighted by atomic mass is 32.2. The standard InChI is InChI=1S/C18H17N3O4S/c1-23-12-7-8-14(15(10-12)24-2)16(22)19-18-21-20-17(25-18)11-5-4-6-13(9-11)26-3/h4-10H,1-3H3,(H,19,21,22). The van der Waals surface area contributed by atoms with E-state index in [4.69, 9.17) is 13.9 Å². The van der Waals surface area contributed by atoms with E-state index in [1.807, 2.05) is 30.5 Å². The van der Waals surface area contributed by atoms with Crippen LogP contribution in [0.5, 0.6) is 11.5 Å². The monoisotopic (exact) mass is 371 g/mol. The van der Waals surface area contributed by atoms with Gasteiger partial charge in [-0.2, -0.15) is 0 Å². The van der Waals surface area contributed by atoms with Gasteiger partial charge in [0.25, 0.3) is 5.91 Å². The molecule has 1 aromatic heterocycles. The lowest BCUT2D eigenvalue weighted by atomic mass is 10.2. The van der Waals surface area contributed by atoms with E-state index in [1.165, 1.54) is 7.11 Å². The van der Waals surface area contributed by atoms with Crippen LogP contribution in [0.4, 0.5) is 6.01 Å². The van der Waals surface area contributed by atoms with Gasteiger partial charge in [0.05, 0.1) is 19.8 Å².